The lowest BCUT2D eigenvalue weighted by molar-refractivity contribution is 0.0875. The molecule has 0 aliphatic carbocycles. The molecule has 0 saturated carbocycles. The van der Waals surface area contributed by atoms with Gasteiger partial charge in [-0.25, -0.2) is 0 Å². The summed E-state index contributed by atoms with van der Waals surface area (Å²) in [6.45, 7) is 11.5. The molecule has 1 N–H and O–H groups in total. The highest BCUT2D eigenvalue weighted by Gasteiger charge is 2.24. The van der Waals surface area contributed by atoms with E-state index < -0.39 is 0 Å². The first kappa shape index (κ1) is 16.4. The van der Waals surface area contributed by atoms with E-state index >= 15 is 0 Å². The summed E-state index contributed by atoms with van der Waals surface area (Å²) in [5.74, 6) is 0.695. The zero-order chi connectivity index (χ0) is 14.5. The van der Waals surface area contributed by atoms with Gasteiger partial charge in [0.1, 0.15) is 0 Å². The van der Waals surface area contributed by atoms with E-state index in [2.05, 4.69) is 63.4 Å². The molecule has 3 nitrogen and oxygen atoms in total. The lowest BCUT2D eigenvalue weighted by atomic mass is 10.0. The van der Waals surface area contributed by atoms with Crippen molar-refractivity contribution in [1.82, 2.24) is 15.1 Å². The Hall–Kier alpha value is 0.0600. The Morgan fingerprint density at radius 3 is 2.55 bits per heavy atom. The van der Waals surface area contributed by atoms with E-state index in [9.17, 15) is 0 Å². The number of nitrogens with one attached hydrogen (secondary N) is 1. The number of rotatable bonds is 6. The van der Waals surface area contributed by atoms with Gasteiger partial charge in [0.05, 0.1) is 0 Å². The Balaban J connectivity index is 1.80. The molecule has 1 atom stereocenters. The van der Waals surface area contributed by atoms with Crippen molar-refractivity contribution in [2.75, 3.05) is 39.8 Å². The highest BCUT2D eigenvalue weighted by atomic mass is 79.9. The number of piperazine rings is 1. The molecule has 114 valence electrons. The number of thiophene rings is 1. The molecule has 1 aromatic heterocycles. The van der Waals surface area contributed by atoms with Crippen molar-refractivity contribution in [2.24, 2.45) is 5.92 Å². The molecular formula is C15H26BrN3S. The zero-order valence-electron chi connectivity index (χ0n) is 12.7. The number of hydrogen-bond donors (Lipinski definition) is 1. The van der Waals surface area contributed by atoms with E-state index in [4.69, 9.17) is 0 Å². The molecule has 1 aromatic rings. The van der Waals surface area contributed by atoms with Gasteiger partial charge < -0.3 is 10.2 Å². The van der Waals surface area contributed by atoms with Crippen molar-refractivity contribution in [3.8, 4) is 0 Å². The molecule has 0 radical (unpaired) electrons. The van der Waals surface area contributed by atoms with Crippen LogP contribution in [0, 0.1) is 5.92 Å². The maximum absolute atomic E-state index is 3.64. The van der Waals surface area contributed by atoms with Crippen LogP contribution in [-0.2, 0) is 6.54 Å². The van der Waals surface area contributed by atoms with Crippen LogP contribution in [-0.4, -0.2) is 55.6 Å². The molecule has 2 heterocycles. The molecular weight excluding hydrogens is 334 g/mol. The average molecular weight is 360 g/mol. The van der Waals surface area contributed by atoms with Gasteiger partial charge in [-0.15, -0.1) is 11.3 Å². The SMILES string of the molecule is CC(C)C(CNCc1cc(Br)cs1)N1CCN(C)CC1. The fourth-order valence-corrected chi connectivity index (χ4v) is 4.15. The van der Waals surface area contributed by atoms with Crippen LogP contribution in [0.5, 0.6) is 0 Å². The van der Waals surface area contributed by atoms with E-state index in [1.165, 1.54) is 35.5 Å². The van der Waals surface area contributed by atoms with Crippen LogP contribution < -0.4 is 5.32 Å². The van der Waals surface area contributed by atoms with Crippen LogP contribution in [0.25, 0.3) is 0 Å². The molecule has 2 rings (SSSR count). The summed E-state index contributed by atoms with van der Waals surface area (Å²) in [5, 5.41) is 5.79. The Morgan fingerprint density at radius 1 is 1.30 bits per heavy atom. The van der Waals surface area contributed by atoms with E-state index in [1.807, 2.05) is 11.3 Å². The van der Waals surface area contributed by atoms with Crippen LogP contribution in [0.15, 0.2) is 15.9 Å². The minimum Gasteiger partial charge on any atom is -0.310 e. The molecule has 0 aromatic carbocycles. The molecule has 1 aliphatic heterocycles. The second-order valence-corrected chi connectivity index (χ2v) is 7.92. The van der Waals surface area contributed by atoms with E-state index in [-0.39, 0.29) is 0 Å². The minimum atomic E-state index is 0.645. The second-order valence-electron chi connectivity index (χ2n) is 6.01. The van der Waals surface area contributed by atoms with E-state index in [1.54, 1.807) is 0 Å². The van der Waals surface area contributed by atoms with Gasteiger partial charge in [-0.05, 0) is 35.0 Å². The Morgan fingerprint density at radius 2 is 2.00 bits per heavy atom. The van der Waals surface area contributed by atoms with Gasteiger partial charge in [0.15, 0.2) is 0 Å². The van der Waals surface area contributed by atoms with Crippen molar-refractivity contribution in [3.63, 3.8) is 0 Å². The van der Waals surface area contributed by atoms with Crippen LogP contribution in [0.1, 0.15) is 18.7 Å². The van der Waals surface area contributed by atoms with Gasteiger partial charge in [0.25, 0.3) is 0 Å². The molecule has 0 amide bonds. The molecule has 20 heavy (non-hydrogen) atoms. The van der Waals surface area contributed by atoms with Crippen LogP contribution in [0.2, 0.25) is 0 Å². The third-order valence-electron chi connectivity index (χ3n) is 4.05. The first-order valence-electron chi connectivity index (χ1n) is 7.42. The summed E-state index contributed by atoms with van der Waals surface area (Å²) >= 11 is 5.33. The summed E-state index contributed by atoms with van der Waals surface area (Å²) in [5.41, 5.74) is 0. The number of hydrogen-bond acceptors (Lipinski definition) is 4. The summed E-state index contributed by atoms with van der Waals surface area (Å²) in [6.07, 6.45) is 0. The van der Waals surface area contributed by atoms with Crippen molar-refractivity contribution in [2.45, 2.75) is 26.4 Å². The fourth-order valence-electron chi connectivity index (χ4n) is 2.73. The van der Waals surface area contributed by atoms with Gasteiger partial charge >= 0.3 is 0 Å². The molecule has 1 fully saturated rings. The Bertz CT molecular complexity index is 400. The topological polar surface area (TPSA) is 18.5 Å². The third-order valence-corrected chi connectivity index (χ3v) is 5.75. The molecule has 1 aliphatic rings. The van der Waals surface area contributed by atoms with Gasteiger partial charge in [0, 0.05) is 60.0 Å². The highest BCUT2D eigenvalue weighted by molar-refractivity contribution is 9.10. The summed E-state index contributed by atoms with van der Waals surface area (Å²) in [7, 11) is 2.22. The fraction of sp³-hybridized carbons (Fsp3) is 0.733. The first-order chi connectivity index (χ1) is 9.56. The van der Waals surface area contributed by atoms with E-state index in [0.29, 0.717) is 12.0 Å². The molecule has 1 unspecified atom stereocenters. The number of likely N-dealkylation sites (N-methyl/N-ethyl adjacent to an activating group) is 1. The first-order valence-corrected chi connectivity index (χ1v) is 9.09. The van der Waals surface area contributed by atoms with Gasteiger partial charge in [0.2, 0.25) is 0 Å². The van der Waals surface area contributed by atoms with Gasteiger partial charge in [-0.1, -0.05) is 13.8 Å². The standard InChI is InChI=1S/C15H26BrN3S/c1-12(2)15(19-6-4-18(3)5-7-19)10-17-9-14-8-13(16)11-20-14/h8,11-12,15,17H,4-7,9-10H2,1-3H3. The predicted molar refractivity (Wildman–Crippen MR) is 91.4 cm³/mol. The lowest BCUT2D eigenvalue weighted by Crippen LogP contribution is -2.53. The number of halogens is 1. The van der Waals surface area contributed by atoms with E-state index in [0.717, 1.165) is 13.1 Å². The smallest absolute Gasteiger partial charge is 0.0300 e. The van der Waals surface area contributed by atoms with Crippen molar-refractivity contribution < 1.29 is 0 Å². The lowest BCUT2D eigenvalue weighted by Gasteiger charge is -2.40. The van der Waals surface area contributed by atoms with Crippen molar-refractivity contribution in [3.05, 3.63) is 20.8 Å². The van der Waals surface area contributed by atoms with Crippen LogP contribution in [0.4, 0.5) is 0 Å². The third kappa shape index (κ3) is 4.81. The molecule has 0 bridgehead atoms. The predicted octanol–water partition coefficient (Wildman–Crippen LogP) is 2.87. The summed E-state index contributed by atoms with van der Waals surface area (Å²) < 4.78 is 1.19. The monoisotopic (exact) mass is 359 g/mol. The number of nitrogens with zero attached hydrogens (tertiary/aromatic N) is 2. The Labute approximate surface area is 135 Å². The summed E-state index contributed by atoms with van der Waals surface area (Å²) in [6, 6.07) is 2.85. The van der Waals surface area contributed by atoms with Crippen LogP contribution in [0.3, 0.4) is 0 Å². The highest BCUT2D eigenvalue weighted by Crippen LogP contribution is 2.19. The molecule has 0 spiro atoms. The van der Waals surface area contributed by atoms with Crippen molar-refractivity contribution >= 4 is 27.3 Å². The van der Waals surface area contributed by atoms with Gasteiger partial charge in [-0.3, -0.25) is 4.90 Å². The largest absolute Gasteiger partial charge is 0.310 e. The minimum absolute atomic E-state index is 0.645. The van der Waals surface area contributed by atoms with Crippen LogP contribution >= 0.6 is 27.3 Å². The normalized spacial score (nSPS) is 19.6. The maximum Gasteiger partial charge on any atom is 0.0300 e. The van der Waals surface area contributed by atoms with Crippen molar-refractivity contribution in [1.29, 1.82) is 0 Å². The van der Waals surface area contributed by atoms with Gasteiger partial charge in [-0.2, -0.15) is 0 Å². The second kappa shape index (κ2) is 7.90. The maximum atomic E-state index is 3.64. The molecule has 5 heteroatoms. The average Bonchev–Trinajstić information content (AvgIpc) is 2.81. The zero-order valence-corrected chi connectivity index (χ0v) is 15.1. The Kier molecular flexibility index (Phi) is 6.49. The molecule has 1 saturated heterocycles. The summed E-state index contributed by atoms with van der Waals surface area (Å²) in [4.78, 5) is 6.48. The quantitative estimate of drug-likeness (QED) is 0.842.